The molecule has 0 spiro atoms. The number of ether oxygens (including phenoxy) is 1. The Kier molecular flexibility index (Phi) is 7.31. The second kappa shape index (κ2) is 9.02. The molecule has 0 radical (unpaired) electrons. The van der Waals surface area contributed by atoms with Gasteiger partial charge in [-0.3, -0.25) is 4.79 Å². The van der Waals surface area contributed by atoms with Crippen LogP contribution in [0.1, 0.15) is 12.0 Å². The quantitative estimate of drug-likeness (QED) is 0.677. The Hall–Kier alpha value is -2.02. The van der Waals surface area contributed by atoms with Crippen molar-refractivity contribution in [3.05, 3.63) is 35.9 Å². The molecule has 21 heavy (non-hydrogen) atoms. The zero-order chi connectivity index (χ0) is 15.7. The van der Waals surface area contributed by atoms with Crippen LogP contribution in [0.3, 0.4) is 0 Å². The van der Waals surface area contributed by atoms with E-state index < -0.39 is 31.0 Å². The standard InChI is InChI=1S/C14H17F2NO4/c15-12(16)9-21-7-6-13(18)17-11(14(19)20)8-10-4-2-1-3-5-10/h1-5,11-12H,6-9H2,(H,17,18)(H,19,20)/t11-/m0/s1. The molecule has 0 fully saturated rings. The number of hydrogen-bond donors (Lipinski definition) is 2. The molecule has 116 valence electrons. The minimum absolute atomic E-state index is 0.153. The van der Waals surface area contributed by atoms with Crippen LogP contribution in [-0.4, -0.2) is 42.7 Å². The maximum atomic E-state index is 11.8. The van der Waals surface area contributed by atoms with Gasteiger partial charge in [-0.1, -0.05) is 30.3 Å². The molecule has 0 saturated carbocycles. The van der Waals surface area contributed by atoms with Gasteiger partial charge in [-0.25, -0.2) is 13.6 Å². The summed E-state index contributed by atoms with van der Waals surface area (Å²) in [5.41, 5.74) is 0.777. The Morgan fingerprint density at radius 3 is 2.48 bits per heavy atom. The van der Waals surface area contributed by atoms with Gasteiger partial charge in [-0.2, -0.15) is 0 Å². The topological polar surface area (TPSA) is 75.6 Å². The Labute approximate surface area is 120 Å². The first-order valence-corrected chi connectivity index (χ1v) is 6.41. The van der Waals surface area contributed by atoms with Crippen LogP contribution in [0, 0.1) is 0 Å². The van der Waals surface area contributed by atoms with Crippen LogP contribution >= 0.6 is 0 Å². The van der Waals surface area contributed by atoms with Crippen molar-refractivity contribution < 1.29 is 28.2 Å². The first-order chi connectivity index (χ1) is 9.99. The summed E-state index contributed by atoms with van der Waals surface area (Å²) in [5.74, 6) is -1.70. The fourth-order valence-corrected chi connectivity index (χ4v) is 1.65. The minimum atomic E-state index is -2.59. The van der Waals surface area contributed by atoms with Gasteiger partial charge in [0.15, 0.2) is 0 Å². The second-order valence-electron chi connectivity index (χ2n) is 4.36. The lowest BCUT2D eigenvalue weighted by Gasteiger charge is -2.14. The summed E-state index contributed by atoms with van der Waals surface area (Å²) >= 11 is 0. The lowest BCUT2D eigenvalue weighted by Crippen LogP contribution is -2.42. The third-order valence-electron chi connectivity index (χ3n) is 2.63. The Morgan fingerprint density at radius 2 is 1.90 bits per heavy atom. The van der Waals surface area contributed by atoms with Gasteiger partial charge in [-0.05, 0) is 5.56 Å². The molecule has 0 unspecified atom stereocenters. The predicted octanol–water partition coefficient (Wildman–Crippen LogP) is 1.47. The number of halogens is 2. The maximum absolute atomic E-state index is 11.8. The second-order valence-corrected chi connectivity index (χ2v) is 4.36. The van der Waals surface area contributed by atoms with Gasteiger partial charge in [0.05, 0.1) is 6.61 Å². The van der Waals surface area contributed by atoms with E-state index in [1.165, 1.54) is 0 Å². The van der Waals surface area contributed by atoms with Crippen molar-refractivity contribution in [1.82, 2.24) is 5.32 Å². The maximum Gasteiger partial charge on any atom is 0.326 e. The molecule has 1 atom stereocenters. The third kappa shape index (κ3) is 7.36. The molecule has 0 aliphatic carbocycles. The fraction of sp³-hybridized carbons (Fsp3) is 0.429. The zero-order valence-electron chi connectivity index (χ0n) is 11.3. The van der Waals surface area contributed by atoms with E-state index in [1.807, 2.05) is 0 Å². The van der Waals surface area contributed by atoms with Gasteiger partial charge < -0.3 is 15.2 Å². The number of nitrogens with one attached hydrogen (secondary N) is 1. The normalized spacial score (nSPS) is 12.1. The molecule has 1 amide bonds. The van der Waals surface area contributed by atoms with E-state index >= 15 is 0 Å². The van der Waals surface area contributed by atoms with Crippen molar-refractivity contribution in [2.75, 3.05) is 13.2 Å². The van der Waals surface area contributed by atoms with Crippen LogP contribution in [0.2, 0.25) is 0 Å². The summed E-state index contributed by atoms with van der Waals surface area (Å²) in [6.07, 6.45) is -2.59. The monoisotopic (exact) mass is 301 g/mol. The summed E-state index contributed by atoms with van der Waals surface area (Å²) in [6, 6.07) is 7.80. The molecule has 0 aliphatic rings. The van der Waals surface area contributed by atoms with Gasteiger partial charge in [0.25, 0.3) is 6.43 Å². The number of alkyl halides is 2. The highest BCUT2D eigenvalue weighted by atomic mass is 19.3. The Morgan fingerprint density at radius 1 is 1.24 bits per heavy atom. The van der Waals surface area contributed by atoms with Crippen LogP contribution in [0.15, 0.2) is 30.3 Å². The lowest BCUT2D eigenvalue weighted by molar-refractivity contribution is -0.142. The van der Waals surface area contributed by atoms with Gasteiger partial charge in [-0.15, -0.1) is 0 Å². The van der Waals surface area contributed by atoms with Gasteiger partial charge in [0, 0.05) is 12.8 Å². The molecule has 1 aromatic carbocycles. The highest BCUT2D eigenvalue weighted by molar-refractivity contribution is 5.83. The molecule has 0 saturated heterocycles. The van der Waals surface area contributed by atoms with Crippen molar-refractivity contribution in [3.63, 3.8) is 0 Å². The van der Waals surface area contributed by atoms with Crippen LogP contribution in [-0.2, 0) is 20.7 Å². The van der Waals surface area contributed by atoms with E-state index in [0.717, 1.165) is 5.56 Å². The number of hydrogen-bond acceptors (Lipinski definition) is 3. The number of benzene rings is 1. The van der Waals surface area contributed by atoms with E-state index in [2.05, 4.69) is 10.1 Å². The SMILES string of the molecule is O=C(CCOCC(F)F)N[C@@H](Cc1ccccc1)C(=O)O. The highest BCUT2D eigenvalue weighted by Crippen LogP contribution is 2.04. The van der Waals surface area contributed by atoms with Crippen LogP contribution < -0.4 is 5.32 Å². The summed E-state index contributed by atoms with van der Waals surface area (Å²) < 4.78 is 28.2. The Balaban J connectivity index is 2.40. The third-order valence-corrected chi connectivity index (χ3v) is 2.63. The first-order valence-electron chi connectivity index (χ1n) is 6.41. The number of amides is 1. The highest BCUT2D eigenvalue weighted by Gasteiger charge is 2.20. The predicted molar refractivity (Wildman–Crippen MR) is 71.2 cm³/mol. The van der Waals surface area contributed by atoms with E-state index in [9.17, 15) is 18.4 Å². The molecule has 1 rings (SSSR count). The van der Waals surface area contributed by atoms with Crippen LogP contribution in [0.5, 0.6) is 0 Å². The average molecular weight is 301 g/mol. The van der Waals surface area contributed by atoms with E-state index in [0.29, 0.717) is 0 Å². The Bertz CT molecular complexity index is 454. The number of aliphatic carboxylic acids is 1. The minimum Gasteiger partial charge on any atom is -0.480 e. The van der Waals surface area contributed by atoms with Crippen molar-refractivity contribution in [1.29, 1.82) is 0 Å². The molecule has 2 N–H and O–H groups in total. The smallest absolute Gasteiger partial charge is 0.326 e. The van der Waals surface area contributed by atoms with E-state index in [4.69, 9.17) is 5.11 Å². The summed E-state index contributed by atoms with van der Waals surface area (Å²) in [5, 5.41) is 11.4. The fourth-order valence-electron chi connectivity index (χ4n) is 1.65. The molecule has 5 nitrogen and oxygen atoms in total. The van der Waals surface area contributed by atoms with Crippen molar-refractivity contribution >= 4 is 11.9 Å². The van der Waals surface area contributed by atoms with Gasteiger partial charge in [0.1, 0.15) is 12.6 Å². The molecule has 0 aliphatic heterocycles. The number of carboxylic acid groups (broad SMARTS) is 1. The van der Waals surface area contributed by atoms with Crippen LogP contribution in [0.4, 0.5) is 8.78 Å². The summed E-state index contributed by atoms with van der Waals surface area (Å²) in [6.45, 7) is -0.909. The molecular formula is C14H17F2NO4. The first kappa shape index (κ1) is 17.0. The van der Waals surface area contributed by atoms with Gasteiger partial charge >= 0.3 is 5.97 Å². The molecule has 0 bridgehead atoms. The summed E-state index contributed by atoms with van der Waals surface area (Å²) in [4.78, 5) is 22.7. The number of carbonyl (C=O) groups excluding carboxylic acids is 1. The van der Waals surface area contributed by atoms with Gasteiger partial charge in [0.2, 0.25) is 5.91 Å². The molecule has 0 aromatic heterocycles. The molecular weight excluding hydrogens is 284 g/mol. The zero-order valence-corrected chi connectivity index (χ0v) is 11.3. The number of rotatable bonds is 9. The lowest BCUT2D eigenvalue weighted by atomic mass is 10.1. The van der Waals surface area contributed by atoms with E-state index in [-0.39, 0.29) is 19.4 Å². The largest absolute Gasteiger partial charge is 0.480 e. The van der Waals surface area contributed by atoms with E-state index in [1.54, 1.807) is 30.3 Å². The van der Waals surface area contributed by atoms with Crippen molar-refractivity contribution in [3.8, 4) is 0 Å². The summed E-state index contributed by atoms with van der Waals surface area (Å²) in [7, 11) is 0. The molecule has 0 heterocycles. The average Bonchev–Trinajstić information content (AvgIpc) is 2.44. The number of carbonyl (C=O) groups is 2. The molecule has 1 aromatic rings. The van der Waals surface area contributed by atoms with Crippen LogP contribution in [0.25, 0.3) is 0 Å². The number of carboxylic acids is 1. The molecule has 7 heteroatoms. The van der Waals surface area contributed by atoms with Crippen molar-refractivity contribution in [2.45, 2.75) is 25.3 Å². The van der Waals surface area contributed by atoms with Crippen molar-refractivity contribution in [2.24, 2.45) is 0 Å².